The van der Waals surface area contributed by atoms with E-state index in [1.54, 1.807) is 6.08 Å². The number of aliphatic hydroxyl groups excluding tert-OH is 1. The zero-order chi connectivity index (χ0) is 41.6. The van der Waals surface area contributed by atoms with Gasteiger partial charge in [0.1, 0.15) is 19.8 Å². The Morgan fingerprint density at radius 2 is 1.23 bits per heavy atom. The predicted octanol–water partition coefficient (Wildman–Crippen LogP) is 10.8. The molecule has 10 nitrogen and oxygen atoms in total. The number of unbranched alkanes of at least 4 members (excludes halogenated alkanes) is 11. The average molecular weight is 809 g/mol. The molecular formula is C45H79NO9P+. The number of hydrogen-bond acceptors (Lipinski definition) is 8. The Kier molecular flexibility index (Phi) is 35.0. The first-order valence-corrected chi connectivity index (χ1v) is 22.8. The van der Waals surface area contributed by atoms with E-state index in [0.29, 0.717) is 30.3 Å². The lowest BCUT2D eigenvalue weighted by Gasteiger charge is -2.24. The van der Waals surface area contributed by atoms with Crippen LogP contribution < -0.4 is 0 Å². The van der Waals surface area contributed by atoms with Gasteiger partial charge in [-0.25, -0.2) is 4.57 Å². The third-order valence-corrected chi connectivity index (χ3v) is 9.58. The van der Waals surface area contributed by atoms with Crippen molar-refractivity contribution >= 4 is 19.8 Å². The number of allylic oxidation sites excluding steroid dienone is 10. The quantitative estimate of drug-likeness (QED) is 0.0157. The van der Waals surface area contributed by atoms with Crippen molar-refractivity contribution in [3.05, 3.63) is 72.9 Å². The number of rotatable bonds is 37. The van der Waals surface area contributed by atoms with Gasteiger partial charge >= 0.3 is 19.8 Å². The van der Waals surface area contributed by atoms with Crippen molar-refractivity contribution < 1.29 is 47.2 Å². The van der Waals surface area contributed by atoms with Gasteiger partial charge < -0.3 is 24.0 Å². The molecule has 0 aliphatic carbocycles. The molecule has 0 saturated carbocycles. The highest BCUT2D eigenvalue weighted by molar-refractivity contribution is 7.47. The SMILES string of the molecule is CC/C=C\CC(O)/C=C/C=C/C/C=C\C/C=C\C/C=C\CCC(=O)OC[C@H](COP(=O)(O)OCC[N+](C)(C)C)OC(=O)CCCCCCCCCCCCCC. The molecule has 0 radical (unpaired) electrons. The van der Waals surface area contributed by atoms with E-state index >= 15 is 0 Å². The molecule has 322 valence electrons. The minimum atomic E-state index is -4.40. The highest BCUT2D eigenvalue weighted by Crippen LogP contribution is 2.43. The van der Waals surface area contributed by atoms with E-state index in [1.165, 1.54) is 51.4 Å². The highest BCUT2D eigenvalue weighted by atomic mass is 31.2. The first-order chi connectivity index (χ1) is 26.9. The lowest BCUT2D eigenvalue weighted by molar-refractivity contribution is -0.870. The zero-order valence-corrected chi connectivity index (χ0v) is 36.6. The third-order valence-electron chi connectivity index (χ3n) is 8.59. The fourth-order valence-corrected chi connectivity index (χ4v) is 5.98. The summed E-state index contributed by atoms with van der Waals surface area (Å²) in [6.45, 7) is 4.09. The number of hydrogen-bond donors (Lipinski definition) is 2. The third kappa shape index (κ3) is 39.6. The first kappa shape index (κ1) is 53.4. The van der Waals surface area contributed by atoms with Crippen LogP contribution in [0.2, 0.25) is 0 Å². The van der Waals surface area contributed by atoms with E-state index < -0.39 is 38.6 Å². The van der Waals surface area contributed by atoms with Gasteiger partial charge in [0.25, 0.3) is 0 Å². The molecule has 0 aliphatic heterocycles. The number of phosphoric ester groups is 1. The maximum Gasteiger partial charge on any atom is 0.472 e. The largest absolute Gasteiger partial charge is 0.472 e. The van der Waals surface area contributed by atoms with Crippen LogP contribution in [-0.4, -0.2) is 86.1 Å². The first-order valence-electron chi connectivity index (χ1n) is 21.3. The molecular weight excluding hydrogens is 729 g/mol. The van der Waals surface area contributed by atoms with Crippen molar-refractivity contribution in [1.82, 2.24) is 0 Å². The predicted molar refractivity (Wildman–Crippen MR) is 230 cm³/mol. The van der Waals surface area contributed by atoms with Gasteiger partial charge in [-0.2, -0.15) is 0 Å². The van der Waals surface area contributed by atoms with Crippen LogP contribution in [0.1, 0.15) is 142 Å². The lowest BCUT2D eigenvalue weighted by Crippen LogP contribution is -2.37. The van der Waals surface area contributed by atoms with Crippen LogP contribution in [0.4, 0.5) is 0 Å². The summed E-state index contributed by atoms with van der Waals surface area (Å²) in [6.07, 6.45) is 41.5. The fourth-order valence-electron chi connectivity index (χ4n) is 5.24. The summed E-state index contributed by atoms with van der Waals surface area (Å²) >= 11 is 0. The molecule has 56 heavy (non-hydrogen) atoms. The number of aliphatic hydroxyl groups is 1. The summed E-state index contributed by atoms with van der Waals surface area (Å²) in [7, 11) is 1.41. The molecule has 0 amide bonds. The average Bonchev–Trinajstić information content (AvgIpc) is 3.14. The summed E-state index contributed by atoms with van der Waals surface area (Å²) in [4.78, 5) is 35.3. The molecule has 0 saturated heterocycles. The number of likely N-dealkylation sites (N-methyl/N-ethyl adjacent to an activating group) is 1. The fraction of sp³-hybridized carbons (Fsp3) is 0.689. The molecule has 2 unspecified atom stereocenters. The topological polar surface area (TPSA) is 129 Å². The highest BCUT2D eigenvalue weighted by Gasteiger charge is 2.27. The molecule has 0 fully saturated rings. The molecule has 3 atom stereocenters. The van der Waals surface area contributed by atoms with Crippen molar-refractivity contribution in [3.8, 4) is 0 Å². The normalized spacial score (nSPS) is 14.9. The molecule has 0 aromatic rings. The molecule has 0 aromatic heterocycles. The second-order valence-corrected chi connectivity index (χ2v) is 16.7. The minimum absolute atomic E-state index is 0.0116. The Morgan fingerprint density at radius 1 is 0.661 bits per heavy atom. The molecule has 0 heterocycles. The van der Waals surface area contributed by atoms with E-state index in [9.17, 15) is 24.2 Å². The summed E-state index contributed by atoms with van der Waals surface area (Å²) in [6, 6.07) is 0. The Bertz CT molecular complexity index is 1200. The monoisotopic (exact) mass is 809 g/mol. The summed E-state index contributed by atoms with van der Waals surface area (Å²) in [5.74, 6) is -0.923. The van der Waals surface area contributed by atoms with Crippen molar-refractivity contribution in [3.63, 3.8) is 0 Å². The Morgan fingerprint density at radius 3 is 1.82 bits per heavy atom. The Hall–Kier alpha value is -2.59. The molecule has 0 aliphatic rings. The van der Waals surface area contributed by atoms with Gasteiger partial charge in [-0.3, -0.25) is 18.6 Å². The molecule has 11 heteroatoms. The Balaban J connectivity index is 4.53. The van der Waals surface area contributed by atoms with Crippen LogP contribution in [0.3, 0.4) is 0 Å². The second kappa shape index (κ2) is 36.7. The van der Waals surface area contributed by atoms with Crippen LogP contribution in [0.25, 0.3) is 0 Å². The van der Waals surface area contributed by atoms with Gasteiger partial charge in [-0.1, -0.05) is 157 Å². The van der Waals surface area contributed by atoms with Gasteiger partial charge in [0.2, 0.25) is 0 Å². The van der Waals surface area contributed by atoms with E-state index in [4.69, 9.17) is 18.5 Å². The number of phosphoric acid groups is 1. The van der Waals surface area contributed by atoms with E-state index in [2.05, 4.69) is 44.2 Å². The van der Waals surface area contributed by atoms with Crippen LogP contribution in [-0.2, 0) is 32.7 Å². The van der Waals surface area contributed by atoms with Gasteiger partial charge in [0, 0.05) is 12.8 Å². The summed E-state index contributed by atoms with van der Waals surface area (Å²) in [5.41, 5.74) is 0. The number of carbonyl (C=O) groups excluding carboxylic acids is 2. The molecule has 0 rings (SSSR count). The number of esters is 2. The van der Waals surface area contributed by atoms with Crippen LogP contribution in [0, 0.1) is 0 Å². The second-order valence-electron chi connectivity index (χ2n) is 15.2. The molecule has 0 spiro atoms. The van der Waals surface area contributed by atoms with Crippen molar-refractivity contribution in [1.29, 1.82) is 0 Å². The van der Waals surface area contributed by atoms with Gasteiger partial charge in [-0.15, -0.1) is 0 Å². The van der Waals surface area contributed by atoms with Crippen molar-refractivity contribution in [2.45, 2.75) is 154 Å². The minimum Gasteiger partial charge on any atom is -0.462 e. The number of nitrogens with zero attached hydrogens (tertiary/aromatic N) is 1. The number of ether oxygens (including phenoxy) is 2. The Labute approximate surface area is 341 Å². The van der Waals surface area contributed by atoms with Crippen LogP contribution in [0.5, 0.6) is 0 Å². The number of carbonyl (C=O) groups is 2. The lowest BCUT2D eigenvalue weighted by atomic mass is 10.0. The zero-order valence-electron chi connectivity index (χ0n) is 35.7. The summed E-state index contributed by atoms with van der Waals surface area (Å²) in [5, 5.41) is 9.84. The summed E-state index contributed by atoms with van der Waals surface area (Å²) < 4.78 is 34.1. The van der Waals surface area contributed by atoms with E-state index in [-0.39, 0.29) is 26.1 Å². The van der Waals surface area contributed by atoms with E-state index in [0.717, 1.165) is 44.9 Å². The molecule has 2 N–H and O–H groups in total. The van der Waals surface area contributed by atoms with Gasteiger partial charge in [0.05, 0.1) is 33.9 Å². The van der Waals surface area contributed by atoms with Crippen LogP contribution >= 0.6 is 7.82 Å². The van der Waals surface area contributed by atoms with E-state index in [1.807, 2.05) is 57.6 Å². The molecule has 0 bridgehead atoms. The van der Waals surface area contributed by atoms with Crippen molar-refractivity contribution in [2.24, 2.45) is 0 Å². The van der Waals surface area contributed by atoms with Gasteiger partial charge in [0.15, 0.2) is 6.10 Å². The maximum atomic E-state index is 12.6. The van der Waals surface area contributed by atoms with Gasteiger partial charge in [-0.05, 0) is 44.9 Å². The standard InChI is InChI=1S/C45H78NO9P/c1-6-8-10-11-12-13-14-19-23-26-29-33-37-45(49)55-43(41-54-56(50,51)53-39-38-46(3,4)5)40-52-44(48)36-32-28-25-22-20-17-15-16-18-21-24-27-31-35-42(47)34-30-9-7-2/h9,16-18,20,24-25,27-28,30-31,35,42-43,47H,6-8,10-15,19,21-23,26,29,32-34,36-41H2,1-5H3/p+1/b18-16-,20-17-,27-24+,28-25-,30-9-,35-31+/t42?,43-/m1/s1. The maximum absolute atomic E-state index is 12.6. The van der Waals surface area contributed by atoms with Crippen LogP contribution in [0.15, 0.2) is 72.9 Å². The number of quaternary nitrogens is 1. The smallest absolute Gasteiger partial charge is 0.462 e. The van der Waals surface area contributed by atoms with Crippen molar-refractivity contribution in [2.75, 3.05) is 47.5 Å². The molecule has 0 aromatic carbocycles.